The lowest BCUT2D eigenvalue weighted by molar-refractivity contribution is 0.0780. The Bertz CT molecular complexity index is 2530. The van der Waals surface area contributed by atoms with Crippen molar-refractivity contribution in [3.8, 4) is 68.6 Å². The lowest BCUT2D eigenvalue weighted by Gasteiger charge is -2.50. The van der Waals surface area contributed by atoms with E-state index in [1.54, 1.807) is 24.3 Å². The minimum Gasteiger partial charge on any atom is -0.208 e. The van der Waals surface area contributed by atoms with E-state index >= 15 is 0 Å². The summed E-state index contributed by atoms with van der Waals surface area (Å²) in [5.41, 5.74) is 9.81. The van der Waals surface area contributed by atoms with Gasteiger partial charge in [0.1, 0.15) is 0 Å². The molecule has 1 heterocycles. The number of rotatable bonds is 6. The Morgan fingerprint density at radius 3 is 1.62 bits per heavy atom. The quantitative estimate of drug-likeness (QED) is 0.171. The maximum atomic E-state index is 9.46. The number of nitrogens with zero attached hydrogens (tertiary/aromatic N) is 5. The Hall–Kier alpha value is -6.43. The van der Waals surface area contributed by atoms with Crippen LogP contribution in [0.2, 0.25) is 0 Å². The van der Waals surface area contributed by atoms with Crippen molar-refractivity contribution in [2.75, 3.05) is 0 Å². The van der Waals surface area contributed by atoms with Crippen molar-refractivity contribution in [2.45, 2.75) is 51.4 Å². The van der Waals surface area contributed by atoms with Gasteiger partial charge in [0.15, 0.2) is 17.5 Å². The molecule has 2 unspecified atom stereocenters. The molecule has 0 spiro atoms. The first-order valence-corrected chi connectivity index (χ1v) is 19.4. The fourth-order valence-corrected chi connectivity index (χ4v) is 9.78. The third-order valence-corrected chi connectivity index (χ3v) is 11.9. The van der Waals surface area contributed by atoms with Crippen LogP contribution in [0.15, 0.2) is 133 Å². The maximum absolute atomic E-state index is 9.46. The Morgan fingerprint density at radius 2 is 1.02 bits per heavy atom. The van der Waals surface area contributed by atoms with Crippen molar-refractivity contribution in [1.82, 2.24) is 15.0 Å². The number of aromatic nitrogens is 3. The Morgan fingerprint density at radius 1 is 0.509 bits per heavy atom. The largest absolute Gasteiger partial charge is 0.208 e. The van der Waals surface area contributed by atoms with Crippen molar-refractivity contribution in [2.24, 2.45) is 17.8 Å². The highest BCUT2D eigenvalue weighted by Gasteiger charge is 2.45. The van der Waals surface area contributed by atoms with E-state index in [1.807, 2.05) is 24.3 Å². The summed E-state index contributed by atoms with van der Waals surface area (Å²) in [7, 11) is 0. The zero-order chi connectivity index (χ0) is 37.5. The van der Waals surface area contributed by atoms with E-state index in [4.69, 9.17) is 15.0 Å². The molecule has 9 rings (SSSR count). The first-order valence-electron chi connectivity index (χ1n) is 19.4. The molecule has 4 atom stereocenters. The number of nitriles is 2. The molecule has 0 saturated heterocycles. The minimum atomic E-state index is 0.267. The molecule has 0 aliphatic heterocycles. The van der Waals surface area contributed by atoms with E-state index in [0.717, 1.165) is 56.7 Å². The highest BCUT2D eigenvalue weighted by atomic mass is 15.0. The second-order valence-electron chi connectivity index (χ2n) is 16.0. The van der Waals surface area contributed by atoms with Gasteiger partial charge in [-0.25, -0.2) is 15.0 Å². The Balaban J connectivity index is 1.21. The molecule has 266 valence electrons. The van der Waals surface area contributed by atoms with Crippen LogP contribution < -0.4 is 0 Å². The predicted molar refractivity (Wildman–Crippen MR) is 221 cm³/mol. The summed E-state index contributed by atoms with van der Waals surface area (Å²) in [4.78, 5) is 15.1. The van der Waals surface area contributed by atoms with Crippen LogP contribution in [0, 0.1) is 40.4 Å². The van der Waals surface area contributed by atoms with E-state index in [9.17, 15) is 10.5 Å². The number of hydrogen-bond donors (Lipinski definition) is 0. The average molecular weight is 712 g/mol. The topological polar surface area (TPSA) is 86.2 Å². The van der Waals surface area contributed by atoms with Crippen molar-refractivity contribution in [3.05, 3.63) is 150 Å². The van der Waals surface area contributed by atoms with Gasteiger partial charge in [-0.3, -0.25) is 0 Å². The van der Waals surface area contributed by atoms with Crippen LogP contribution in [0.3, 0.4) is 0 Å². The smallest absolute Gasteiger partial charge is 0.164 e. The van der Waals surface area contributed by atoms with Gasteiger partial charge in [-0.1, -0.05) is 80.6 Å². The van der Waals surface area contributed by atoms with Crippen LogP contribution >= 0.6 is 0 Å². The zero-order valence-electron chi connectivity index (χ0n) is 31.2. The van der Waals surface area contributed by atoms with Gasteiger partial charge in [0.2, 0.25) is 0 Å². The second kappa shape index (κ2) is 14.1. The lowest BCUT2D eigenvalue weighted by Crippen LogP contribution is -2.42. The molecule has 2 bridgehead atoms. The maximum Gasteiger partial charge on any atom is 0.164 e. The fraction of sp³-hybridized carbons (Fsp3) is 0.220. The molecule has 5 nitrogen and oxygen atoms in total. The van der Waals surface area contributed by atoms with E-state index in [1.165, 1.54) is 48.4 Å². The lowest BCUT2D eigenvalue weighted by atomic mass is 9.54. The summed E-state index contributed by atoms with van der Waals surface area (Å²) in [5.74, 6) is 3.92. The molecule has 1 aromatic heterocycles. The fourth-order valence-electron chi connectivity index (χ4n) is 9.78. The van der Waals surface area contributed by atoms with E-state index in [0.29, 0.717) is 28.6 Å². The van der Waals surface area contributed by atoms with Crippen LogP contribution in [0.4, 0.5) is 0 Å². The van der Waals surface area contributed by atoms with Crippen LogP contribution in [0.5, 0.6) is 0 Å². The van der Waals surface area contributed by atoms with Crippen LogP contribution in [-0.4, -0.2) is 15.0 Å². The first kappa shape index (κ1) is 34.3. The highest BCUT2D eigenvalue weighted by molar-refractivity contribution is 5.98. The monoisotopic (exact) mass is 711 g/mol. The SMILES string of the molecule is C[C@@H]1CC2C[C@H](C)CC(c3ccc(-c4cc(-c5nc(-c6ccc(C#N)cc6)nc(-c6ccc(C#N)cc6)n5)cc(-c5cccc6ccccc56)c4)cc3)(C2)C1. The summed E-state index contributed by atoms with van der Waals surface area (Å²) in [6.07, 6.45) is 6.59. The van der Waals surface area contributed by atoms with Crippen LogP contribution in [-0.2, 0) is 5.41 Å². The minimum absolute atomic E-state index is 0.267. The summed E-state index contributed by atoms with van der Waals surface area (Å²) in [6.45, 7) is 4.90. The van der Waals surface area contributed by atoms with E-state index in [2.05, 4.69) is 111 Å². The van der Waals surface area contributed by atoms with Crippen molar-refractivity contribution in [3.63, 3.8) is 0 Å². The molecular weight excluding hydrogens is 671 g/mol. The third-order valence-electron chi connectivity index (χ3n) is 11.9. The van der Waals surface area contributed by atoms with Gasteiger partial charge in [0, 0.05) is 16.7 Å². The molecule has 0 radical (unpaired) electrons. The van der Waals surface area contributed by atoms with Crippen molar-refractivity contribution >= 4 is 10.8 Å². The molecule has 5 heteroatoms. The molecule has 2 aliphatic rings. The second-order valence-corrected chi connectivity index (χ2v) is 16.0. The third kappa shape index (κ3) is 6.68. The van der Waals surface area contributed by atoms with E-state index < -0.39 is 0 Å². The zero-order valence-corrected chi connectivity index (χ0v) is 31.2. The summed E-state index contributed by atoms with van der Waals surface area (Å²) >= 11 is 0. The number of hydrogen-bond acceptors (Lipinski definition) is 5. The summed E-state index contributed by atoms with van der Waals surface area (Å²) in [6, 6.07) is 50.2. The van der Waals surface area contributed by atoms with E-state index in [-0.39, 0.29) is 5.41 Å². The molecule has 2 fully saturated rings. The summed E-state index contributed by atoms with van der Waals surface area (Å²) < 4.78 is 0. The highest BCUT2D eigenvalue weighted by Crippen LogP contribution is 2.54. The molecule has 0 N–H and O–H groups in total. The molecule has 6 aromatic carbocycles. The predicted octanol–water partition coefficient (Wildman–Crippen LogP) is 12.2. The van der Waals surface area contributed by atoms with Gasteiger partial charge in [-0.05, 0) is 161 Å². The van der Waals surface area contributed by atoms with Crippen molar-refractivity contribution < 1.29 is 0 Å². The van der Waals surface area contributed by atoms with Crippen LogP contribution in [0.25, 0.3) is 67.2 Å². The number of benzene rings is 6. The van der Waals surface area contributed by atoms with Gasteiger partial charge in [0.25, 0.3) is 0 Å². The Kier molecular flexibility index (Phi) is 8.80. The average Bonchev–Trinajstić information content (AvgIpc) is 3.22. The summed E-state index contributed by atoms with van der Waals surface area (Å²) in [5, 5.41) is 21.3. The molecule has 7 aromatic rings. The standard InChI is InChI=1S/C50H41N5/c1-32-22-36-23-33(2)28-50(27-32,29-36)44-20-18-37(19-21-44)41-24-42(46-9-5-7-38-6-3-4-8-45(38)46)26-43(25-41)49-54-47(39-14-10-34(30-51)11-15-39)53-48(55-49)40-16-12-35(31-52)13-17-40/h3-21,24-26,32-33,36H,22-23,27-29H2,1-2H3/t32-,33+,36?,50?. The van der Waals surface area contributed by atoms with Gasteiger partial charge >= 0.3 is 0 Å². The Labute approximate surface area is 323 Å². The first-order chi connectivity index (χ1) is 26.9. The normalized spacial score (nSPS) is 20.4. The van der Waals surface area contributed by atoms with Gasteiger partial charge in [-0.15, -0.1) is 0 Å². The number of fused-ring (bicyclic) bond motifs is 3. The van der Waals surface area contributed by atoms with Gasteiger partial charge in [-0.2, -0.15) is 10.5 Å². The molecule has 2 saturated carbocycles. The van der Waals surface area contributed by atoms with Crippen molar-refractivity contribution in [1.29, 1.82) is 10.5 Å². The molecule has 2 aliphatic carbocycles. The molecular formula is C50H41N5. The van der Waals surface area contributed by atoms with Gasteiger partial charge < -0.3 is 0 Å². The molecule has 0 amide bonds. The van der Waals surface area contributed by atoms with Gasteiger partial charge in [0.05, 0.1) is 23.3 Å². The van der Waals surface area contributed by atoms with Crippen LogP contribution in [0.1, 0.15) is 62.6 Å². The molecule has 55 heavy (non-hydrogen) atoms.